The van der Waals surface area contributed by atoms with Gasteiger partial charge in [0, 0.05) is 21.4 Å². The van der Waals surface area contributed by atoms with Crippen molar-refractivity contribution in [3.63, 3.8) is 0 Å². The van der Waals surface area contributed by atoms with Crippen molar-refractivity contribution in [3.05, 3.63) is 39.6 Å². The van der Waals surface area contributed by atoms with E-state index >= 15 is 0 Å². The van der Waals surface area contributed by atoms with Gasteiger partial charge in [0.2, 0.25) is 0 Å². The Morgan fingerprint density at radius 2 is 2.07 bits per heavy atom. The summed E-state index contributed by atoms with van der Waals surface area (Å²) in [6.45, 7) is 6.70. The molecule has 0 unspecified atom stereocenters. The standard InChI is InChI=1S/C19H21N3O4S2/c1-11(16(24)21-19(2,3)4)26-14(23)8-22-10-20-17-15(18(22)25)12(9-28-17)13-6-5-7-27-13/h5-7,9-11H,8H2,1-4H3,(H,21,24)/t11-/m0/s1. The van der Waals surface area contributed by atoms with E-state index in [2.05, 4.69) is 10.3 Å². The van der Waals surface area contributed by atoms with Crippen LogP contribution in [0, 0.1) is 0 Å². The van der Waals surface area contributed by atoms with Crippen LogP contribution in [0.3, 0.4) is 0 Å². The lowest BCUT2D eigenvalue weighted by Crippen LogP contribution is -2.46. The van der Waals surface area contributed by atoms with Crippen LogP contribution in [-0.2, 0) is 20.9 Å². The highest BCUT2D eigenvalue weighted by atomic mass is 32.1. The molecular weight excluding hydrogens is 398 g/mol. The van der Waals surface area contributed by atoms with Gasteiger partial charge in [0.1, 0.15) is 11.4 Å². The first kappa shape index (κ1) is 20.2. The van der Waals surface area contributed by atoms with E-state index in [0.29, 0.717) is 10.2 Å². The second-order valence-corrected chi connectivity index (χ2v) is 9.16. The third kappa shape index (κ3) is 4.48. The van der Waals surface area contributed by atoms with Gasteiger partial charge in [-0.1, -0.05) is 6.07 Å². The molecule has 0 aliphatic heterocycles. The Labute approximate surface area is 170 Å². The third-order valence-corrected chi connectivity index (χ3v) is 5.61. The van der Waals surface area contributed by atoms with E-state index in [0.717, 1.165) is 10.4 Å². The van der Waals surface area contributed by atoms with Gasteiger partial charge in [-0.25, -0.2) is 4.98 Å². The first-order valence-electron chi connectivity index (χ1n) is 8.68. The van der Waals surface area contributed by atoms with Crippen molar-refractivity contribution in [3.8, 4) is 10.4 Å². The van der Waals surface area contributed by atoms with Crippen LogP contribution in [0.5, 0.6) is 0 Å². The monoisotopic (exact) mass is 419 g/mol. The van der Waals surface area contributed by atoms with E-state index in [4.69, 9.17) is 4.74 Å². The number of amides is 1. The normalized spacial score (nSPS) is 12.7. The van der Waals surface area contributed by atoms with Crippen LogP contribution < -0.4 is 10.9 Å². The molecular formula is C19H21N3O4S2. The number of fused-ring (bicyclic) bond motifs is 1. The molecule has 0 aromatic carbocycles. The van der Waals surface area contributed by atoms with Gasteiger partial charge in [0.05, 0.1) is 11.7 Å². The minimum atomic E-state index is -0.957. The summed E-state index contributed by atoms with van der Waals surface area (Å²) in [6.07, 6.45) is 0.377. The van der Waals surface area contributed by atoms with Crippen LogP contribution in [0.1, 0.15) is 27.7 Å². The van der Waals surface area contributed by atoms with Gasteiger partial charge < -0.3 is 10.1 Å². The summed E-state index contributed by atoms with van der Waals surface area (Å²) in [4.78, 5) is 43.1. The molecule has 0 saturated carbocycles. The second kappa shape index (κ2) is 7.84. The number of hydrogen-bond donors (Lipinski definition) is 1. The zero-order chi connectivity index (χ0) is 20.5. The molecule has 0 radical (unpaired) electrons. The van der Waals surface area contributed by atoms with Crippen LogP contribution in [0.4, 0.5) is 0 Å². The summed E-state index contributed by atoms with van der Waals surface area (Å²) in [7, 11) is 0. The molecule has 0 bridgehead atoms. The molecule has 7 nitrogen and oxygen atoms in total. The maximum absolute atomic E-state index is 12.9. The summed E-state index contributed by atoms with van der Waals surface area (Å²) in [6, 6.07) is 3.85. The lowest BCUT2D eigenvalue weighted by atomic mass is 10.1. The number of esters is 1. The highest BCUT2D eigenvalue weighted by Gasteiger charge is 2.23. The number of hydrogen-bond acceptors (Lipinski definition) is 7. The maximum atomic E-state index is 12.9. The first-order valence-corrected chi connectivity index (χ1v) is 10.4. The van der Waals surface area contributed by atoms with Crippen molar-refractivity contribution in [1.29, 1.82) is 0 Å². The van der Waals surface area contributed by atoms with Crippen LogP contribution in [0.15, 0.2) is 34.0 Å². The summed E-state index contributed by atoms with van der Waals surface area (Å²) in [5.41, 5.74) is 0.0763. The van der Waals surface area contributed by atoms with Crippen molar-refractivity contribution < 1.29 is 14.3 Å². The summed E-state index contributed by atoms with van der Waals surface area (Å²) < 4.78 is 6.39. The fourth-order valence-electron chi connectivity index (χ4n) is 2.59. The number of nitrogens with zero attached hydrogens (tertiary/aromatic N) is 2. The molecule has 1 amide bonds. The van der Waals surface area contributed by atoms with Gasteiger partial charge in [-0.2, -0.15) is 0 Å². The molecule has 0 aliphatic rings. The SMILES string of the molecule is C[C@H](OC(=O)Cn1cnc2scc(-c3cccs3)c2c1=O)C(=O)NC(C)(C)C. The lowest BCUT2D eigenvalue weighted by molar-refractivity contribution is -0.156. The predicted molar refractivity (Wildman–Crippen MR) is 111 cm³/mol. The maximum Gasteiger partial charge on any atom is 0.326 e. The van der Waals surface area contributed by atoms with Crippen molar-refractivity contribution in [2.75, 3.05) is 0 Å². The Bertz CT molecular complexity index is 1060. The Hall–Kier alpha value is -2.52. The third-order valence-electron chi connectivity index (χ3n) is 3.82. The van der Waals surface area contributed by atoms with Crippen LogP contribution in [0.2, 0.25) is 0 Å². The van der Waals surface area contributed by atoms with Crippen molar-refractivity contribution in [2.24, 2.45) is 0 Å². The highest BCUT2D eigenvalue weighted by Crippen LogP contribution is 2.33. The summed E-state index contributed by atoms with van der Waals surface area (Å²) in [5.74, 6) is -1.06. The predicted octanol–water partition coefficient (Wildman–Crippen LogP) is 3.03. The Kier molecular flexibility index (Phi) is 5.66. The van der Waals surface area contributed by atoms with Crippen molar-refractivity contribution in [2.45, 2.75) is 45.9 Å². The Balaban J connectivity index is 1.78. The van der Waals surface area contributed by atoms with E-state index in [9.17, 15) is 14.4 Å². The minimum Gasteiger partial charge on any atom is -0.451 e. The van der Waals surface area contributed by atoms with Crippen molar-refractivity contribution >= 4 is 44.8 Å². The number of thiophene rings is 2. The number of rotatable bonds is 5. The molecule has 9 heteroatoms. The molecule has 1 atom stereocenters. The van der Waals surface area contributed by atoms with Gasteiger partial charge in [-0.15, -0.1) is 22.7 Å². The fraction of sp³-hybridized carbons (Fsp3) is 0.368. The van der Waals surface area contributed by atoms with Gasteiger partial charge in [0.15, 0.2) is 6.10 Å². The Morgan fingerprint density at radius 1 is 1.32 bits per heavy atom. The molecule has 0 fully saturated rings. The van der Waals surface area contributed by atoms with E-state index in [1.54, 1.807) is 0 Å². The highest BCUT2D eigenvalue weighted by molar-refractivity contribution is 7.18. The number of aromatic nitrogens is 2. The van der Waals surface area contributed by atoms with E-state index in [1.807, 2.05) is 43.7 Å². The quantitative estimate of drug-likeness (QED) is 0.642. The van der Waals surface area contributed by atoms with Crippen LogP contribution in [-0.4, -0.2) is 33.1 Å². The van der Waals surface area contributed by atoms with Gasteiger partial charge in [-0.3, -0.25) is 19.0 Å². The lowest BCUT2D eigenvalue weighted by Gasteiger charge is -2.23. The molecule has 0 spiro atoms. The zero-order valence-corrected chi connectivity index (χ0v) is 17.6. The first-order chi connectivity index (χ1) is 13.2. The van der Waals surface area contributed by atoms with Crippen LogP contribution in [0.25, 0.3) is 20.7 Å². The Morgan fingerprint density at radius 3 is 2.71 bits per heavy atom. The van der Waals surface area contributed by atoms with E-state index in [-0.39, 0.29) is 18.0 Å². The van der Waals surface area contributed by atoms with Gasteiger partial charge in [0.25, 0.3) is 11.5 Å². The molecule has 0 aliphatic carbocycles. The molecule has 148 valence electrons. The fourth-order valence-corrected chi connectivity index (χ4v) is 4.31. The molecule has 1 N–H and O–H groups in total. The molecule has 3 heterocycles. The van der Waals surface area contributed by atoms with Gasteiger partial charge in [-0.05, 0) is 39.1 Å². The van der Waals surface area contributed by atoms with Crippen molar-refractivity contribution in [1.82, 2.24) is 14.9 Å². The molecule has 3 aromatic rings. The topological polar surface area (TPSA) is 90.3 Å². The van der Waals surface area contributed by atoms with E-state index < -0.39 is 17.6 Å². The average Bonchev–Trinajstić information content (AvgIpc) is 3.24. The number of carbonyl (C=O) groups is 2. The number of nitrogens with one attached hydrogen (secondary N) is 1. The molecule has 3 aromatic heterocycles. The summed E-state index contributed by atoms with van der Waals surface area (Å²) in [5, 5.41) is 7.07. The second-order valence-electron chi connectivity index (χ2n) is 7.36. The molecule has 28 heavy (non-hydrogen) atoms. The smallest absolute Gasteiger partial charge is 0.326 e. The molecule has 3 rings (SSSR count). The zero-order valence-electron chi connectivity index (χ0n) is 16.0. The number of carbonyl (C=O) groups excluding carboxylic acids is 2. The summed E-state index contributed by atoms with van der Waals surface area (Å²) >= 11 is 2.92. The van der Waals surface area contributed by atoms with Crippen LogP contribution >= 0.6 is 22.7 Å². The van der Waals surface area contributed by atoms with Gasteiger partial charge >= 0.3 is 5.97 Å². The minimum absolute atomic E-state index is 0.307. The number of ether oxygens (including phenoxy) is 1. The molecule has 0 saturated heterocycles. The largest absolute Gasteiger partial charge is 0.451 e. The average molecular weight is 420 g/mol. The van der Waals surface area contributed by atoms with E-state index in [1.165, 1.54) is 40.5 Å².